The van der Waals surface area contributed by atoms with Crippen LogP contribution in [-0.4, -0.2) is 37.8 Å². The third kappa shape index (κ3) is 4.83. The van der Waals surface area contributed by atoms with Crippen molar-refractivity contribution in [2.24, 2.45) is 0 Å². The minimum absolute atomic E-state index is 0. The van der Waals surface area contributed by atoms with Gasteiger partial charge in [0.25, 0.3) is 0 Å². The van der Waals surface area contributed by atoms with Crippen LogP contribution in [-0.2, 0) is 0 Å². The van der Waals surface area contributed by atoms with Crippen molar-refractivity contribution >= 4 is 40.7 Å². The van der Waals surface area contributed by atoms with E-state index in [0.29, 0.717) is 10.0 Å². The molecule has 7 heteroatoms. The van der Waals surface area contributed by atoms with Crippen LogP contribution in [0.15, 0.2) is 22.7 Å². The molecule has 0 unspecified atom stereocenters. The summed E-state index contributed by atoms with van der Waals surface area (Å²) < 4.78 is 27.0. The van der Waals surface area contributed by atoms with Crippen LogP contribution in [0.1, 0.15) is 11.6 Å². The first-order chi connectivity index (χ1) is 8.22. The first-order valence-electron chi connectivity index (χ1n) is 5.68. The maximum atomic E-state index is 13.4. The van der Waals surface area contributed by atoms with Gasteiger partial charge in [-0.2, -0.15) is 0 Å². The Bertz CT molecular complexity index is 390. The Morgan fingerprint density at radius 2 is 1.89 bits per heavy atom. The number of alkyl halides is 1. The summed E-state index contributed by atoms with van der Waals surface area (Å²) in [5, 5.41) is 3.22. The largest absolute Gasteiger partial charge is 0.314 e. The Balaban J connectivity index is 0.00000162. The molecule has 0 amide bonds. The van der Waals surface area contributed by atoms with Crippen LogP contribution in [0.3, 0.4) is 0 Å². The lowest BCUT2D eigenvalue weighted by atomic mass is 10.1. The lowest BCUT2D eigenvalue weighted by Gasteiger charge is -2.33. The predicted octanol–water partition coefficient (Wildman–Crippen LogP) is 3.35. The summed E-state index contributed by atoms with van der Waals surface area (Å²) in [5.41, 5.74) is 0.704. The summed E-state index contributed by atoms with van der Waals surface area (Å²) in [6.07, 6.45) is 0. The Kier molecular flexibility index (Phi) is 9.11. The molecule has 2 rings (SSSR count). The van der Waals surface area contributed by atoms with Gasteiger partial charge in [-0.3, -0.25) is 4.90 Å². The first kappa shape index (κ1) is 19.1. The Hall–Kier alpha value is 0.0600. The maximum absolute atomic E-state index is 13.4. The van der Waals surface area contributed by atoms with E-state index < -0.39 is 6.67 Å². The lowest BCUT2D eigenvalue weighted by molar-refractivity contribution is 0.147. The van der Waals surface area contributed by atoms with Crippen molar-refractivity contribution < 1.29 is 8.78 Å². The second kappa shape index (κ2) is 9.08. The molecule has 1 aliphatic rings. The number of hydrogen-bond acceptors (Lipinski definition) is 2. The highest BCUT2D eigenvalue weighted by atomic mass is 79.9. The van der Waals surface area contributed by atoms with Crippen molar-refractivity contribution in [1.82, 2.24) is 10.2 Å². The van der Waals surface area contributed by atoms with Gasteiger partial charge in [0.2, 0.25) is 0 Å². The highest BCUT2D eigenvalue weighted by Gasteiger charge is 2.22. The number of piperazine rings is 1. The van der Waals surface area contributed by atoms with E-state index in [1.807, 2.05) is 0 Å². The monoisotopic (exact) mass is 376 g/mol. The van der Waals surface area contributed by atoms with Gasteiger partial charge in [0, 0.05) is 26.2 Å². The van der Waals surface area contributed by atoms with Gasteiger partial charge in [0.15, 0.2) is 0 Å². The number of nitrogens with one attached hydrogen (secondary N) is 1. The van der Waals surface area contributed by atoms with Gasteiger partial charge in [-0.15, -0.1) is 24.8 Å². The standard InChI is InChI=1S/C12H15BrF2N2.2ClH/c13-10-2-1-9(7-11(10)15)12(8-14)17-5-3-16-4-6-17;;/h1-2,7,12,16H,3-6,8H2;2*1H/t12-;;/m0../s1. The van der Waals surface area contributed by atoms with Crippen molar-refractivity contribution in [3.8, 4) is 0 Å². The van der Waals surface area contributed by atoms with E-state index in [0.717, 1.165) is 26.2 Å². The average molecular weight is 378 g/mol. The smallest absolute Gasteiger partial charge is 0.137 e. The van der Waals surface area contributed by atoms with E-state index in [1.54, 1.807) is 12.1 Å². The molecular formula is C12H17BrCl2F2N2. The van der Waals surface area contributed by atoms with Crippen molar-refractivity contribution in [1.29, 1.82) is 0 Å². The van der Waals surface area contributed by atoms with Crippen LogP contribution < -0.4 is 5.32 Å². The Morgan fingerprint density at radius 1 is 1.26 bits per heavy atom. The lowest BCUT2D eigenvalue weighted by Crippen LogP contribution is -2.45. The van der Waals surface area contributed by atoms with E-state index in [1.165, 1.54) is 6.07 Å². The summed E-state index contributed by atoms with van der Waals surface area (Å²) in [5.74, 6) is -0.337. The van der Waals surface area contributed by atoms with Crippen LogP contribution in [0.4, 0.5) is 8.78 Å². The molecule has 0 aromatic heterocycles. The molecule has 0 spiro atoms. The number of nitrogens with zero attached hydrogens (tertiary/aromatic N) is 1. The summed E-state index contributed by atoms with van der Waals surface area (Å²) in [6, 6.07) is 4.49. The van der Waals surface area contributed by atoms with Gasteiger partial charge in [-0.25, -0.2) is 8.78 Å². The van der Waals surface area contributed by atoms with E-state index in [4.69, 9.17) is 0 Å². The summed E-state index contributed by atoms with van der Waals surface area (Å²) in [6.45, 7) is 2.82. The topological polar surface area (TPSA) is 15.3 Å². The van der Waals surface area contributed by atoms with Crippen LogP contribution in [0.5, 0.6) is 0 Å². The van der Waals surface area contributed by atoms with E-state index in [9.17, 15) is 8.78 Å². The number of halogens is 5. The quantitative estimate of drug-likeness (QED) is 0.868. The molecule has 1 aromatic carbocycles. The fraction of sp³-hybridized carbons (Fsp3) is 0.500. The van der Waals surface area contributed by atoms with Crippen molar-refractivity contribution in [2.45, 2.75) is 6.04 Å². The van der Waals surface area contributed by atoms with Crippen LogP contribution >= 0.6 is 40.7 Å². The number of rotatable bonds is 3. The fourth-order valence-electron chi connectivity index (χ4n) is 2.11. The number of benzene rings is 1. The summed E-state index contributed by atoms with van der Waals surface area (Å²) in [4.78, 5) is 2.05. The van der Waals surface area contributed by atoms with Crippen LogP contribution in [0, 0.1) is 5.82 Å². The molecule has 1 fully saturated rings. The van der Waals surface area contributed by atoms with Crippen LogP contribution in [0.2, 0.25) is 0 Å². The zero-order valence-corrected chi connectivity index (χ0v) is 13.5. The predicted molar refractivity (Wildman–Crippen MR) is 81.8 cm³/mol. The molecule has 0 bridgehead atoms. The van der Waals surface area contributed by atoms with Crippen molar-refractivity contribution in [3.05, 3.63) is 34.1 Å². The van der Waals surface area contributed by atoms with Gasteiger partial charge >= 0.3 is 0 Å². The fourth-order valence-corrected chi connectivity index (χ4v) is 2.36. The SMILES string of the molecule is Cl.Cl.FC[C@@H](c1ccc(Br)c(F)c1)N1CCNCC1. The molecule has 1 heterocycles. The zero-order chi connectivity index (χ0) is 12.3. The van der Waals surface area contributed by atoms with Gasteiger partial charge in [0.05, 0.1) is 10.5 Å². The maximum Gasteiger partial charge on any atom is 0.137 e. The Labute approximate surface area is 132 Å². The normalized spacial score (nSPS) is 17.2. The molecular weight excluding hydrogens is 361 g/mol. The molecule has 1 aliphatic heterocycles. The summed E-state index contributed by atoms with van der Waals surface area (Å²) in [7, 11) is 0. The van der Waals surface area contributed by atoms with Gasteiger partial charge < -0.3 is 5.32 Å². The molecule has 0 radical (unpaired) electrons. The molecule has 19 heavy (non-hydrogen) atoms. The van der Waals surface area contributed by atoms with E-state index in [2.05, 4.69) is 26.1 Å². The molecule has 1 saturated heterocycles. The Morgan fingerprint density at radius 3 is 2.42 bits per heavy atom. The molecule has 1 atom stereocenters. The molecule has 1 aromatic rings. The zero-order valence-electron chi connectivity index (χ0n) is 10.2. The molecule has 1 N–H and O–H groups in total. The third-order valence-electron chi connectivity index (χ3n) is 3.07. The second-order valence-electron chi connectivity index (χ2n) is 4.13. The molecule has 0 saturated carbocycles. The first-order valence-corrected chi connectivity index (χ1v) is 6.47. The van der Waals surface area contributed by atoms with Crippen molar-refractivity contribution in [2.75, 3.05) is 32.9 Å². The molecule has 0 aliphatic carbocycles. The van der Waals surface area contributed by atoms with Crippen LogP contribution in [0.25, 0.3) is 0 Å². The molecule has 110 valence electrons. The minimum Gasteiger partial charge on any atom is -0.314 e. The highest BCUT2D eigenvalue weighted by Crippen LogP contribution is 2.25. The highest BCUT2D eigenvalue weighted by molar-refractivity contribution is 9.10. The number of hydrogen-bond donors (Lipinski definition) is 1. The van der Waals surface area contributed by atoms with E-state index >= 15 is 0 Å². The molecule has 2 nitrogen and oxygen atoms in total. The average Bonchev–Trinajstić information content (AvgIpc) is 2.36. The van der Waals surface area contributed by atoms with Crippen molar-refractivity contribution in [3.63, 3.8) is 0 Å². The summed E-state index contributed by atoms with van der Waals surface area (Å²) >= 11 is 3.10. The van der Waals surface area contributed by atoms with E-state index in [-0.39, 0.29) is 36.7 Å². The van der Waals surface area contributed by atoms with Gasteiger partial charge in [-0.05, 0) is 33.6 Å². The minimum atomic E-state index is -0.485. The van der Waals surface area contributed by atoms with Gasteiger partial charge in [-0.1, -0.05) is 6.07 Å². The van der Waals surface area contributed by atoms with Gasteiger partial charge in [0.1, 0.15) is 12.5 Å². The second-order valence-corrected chi connectivity index (χ2v) is 4.98. The third-order valence-corrected chi connectivity index (χ3v) is 3.71.